The lowest BCUT2D eigenvalue weighted by Gasteiger charge is -2.17. The van der Waals surface area contributed by atoms with E-state index in [1.165, 1.54) is 19.1 Å². The molecule has 0 bridgehead atoms. The summed E-state index contributed by atoms with van der Waals surface area (Å²) < 4.78 is 5.45. The highest BCUT2D eigenvalue weighted by Gasteiger charge is 2.22. The average molecular weight is 342 g/mol. The standard InChI is InChI=1S/C18H18N2O5/c1-11-5-4-6-12(2)17(11)19-18(22)13(3)25-16-8-7-14(10-21)9-15(16)20(23)24/h4-10,13H,1-3H3,(H,19,22)/t13-/m0/s1. The lowest BCUT2D eigenvalue weighted by Crippen LogP contribution is -2.30. The molecule has 1 N–H and O–H groups in total. The van der Waals surface area contributed by atoms with Crippen molar-refractivity contribution in [2.45, 2.75) is 26.9 Å². The number of aryl methyl sites for hydroxylation is 2. The fourth-order valence-corrected chi connectivity index (χ4v) is 2.33. The molecule has 2 rings (SSSR count). The zero-order chi connectivity index (χ0) is 18.6. The fourth-order valence-electron chi connectivity index (χ4n) is 2.33. The summed E-state index contributed by atoms with van der Waals surface area (Å²) in [5.74, 6) is -0.495. The third-order valence-corrected chi connectivity index (χ3v) is 3.72. The predicted octanol–water partition coefficient (Wildman–Crippen LogP) is 3.43. The van der Waals surface area contributed by atoms with Crippen LogP contribution in [-0.4, -0.2) is 23.2 Å². The number of nitro groups is 1. The first-order valence-corrected chi connectivity index (χ1v) is 7.61. The van der Waals surface area contributed by atoms with Gasteiger partial charge in [0.2, 0.25) is 0 Å². The van der Waals surface area contributed by atoms with Gasteiger partial charge in [-0.05, 0) is 44.0 Å². The number of para-hydroxylation sites is 1. The molecule has 0 saturated carbocycles. The van der Waals surface area contributed by atoms with E-state index in [1.54, 1.807) is 0 Å². The van der Waals surface area contributed by atoms with E-state index in [-0.39, 0.29) is 17.0 Å². The zero-order valence-corrected chi connectivity index (χ0v) is 14.1. The molecular weight excluding hydrogens is 324 g/mol. The number of hydrogen-bond donors (Lipinski definition) is 1. The van der Waals surface area contributed by atoms with Gasteiger partial charge in [-0.15, -0.1) is 0 Å². The minimum atomic E-state index is -0.959. The third-order valence-electron chi connectivity index (χ3n) is 3.72. The Balaban J connectivity index is 2.19. The van der Waals surface area contributed by atoms with Crippen molar-refractivity contribution in [1.29, 1.82) is 0 Å². The van der Waals surface area contributed by atoms with Crippen molar-refractivity contribution in [3.05, 3.63) is 63.2 Å². The van der Waals surface area contributed by atoms with Crippen LogP contribution < -0.4 is 10.1 Å². The van der Waals surface area contributed by atoms with Crippen molar-refractivity contribution >= 4 is 23.6 Å². The number of nitro benzene ring substituents is 1. The highest BCUT2D eigenvalue weighted by atomic mass is 16.6. The Hall–Kier alpha value is -3.22. The monoisotopic (exact) mass is 342 g/mol. The largest absolute Gasteiger partial charge is 0.474 e. The summed E-state index contributed by atoms with van der Waals surface area (Å²) in [5.41, 5.74) is 2.29. The molecule has 0 aliphatic heterocycles. The van der Waals surface area contributed by atoms with Gasteiger partial charge in [-0.2, -0.15) is 0 Å². The maximum atomic E-state index is 12.4. The van der Waals surface area contributed by atoms with Gasteiger partial charge < -0.3 is 10.1 Å². The summed E-state index contributed by atoms with van der Waals surface area (Å²) in [6, 6.07) is 9.45. The molecular formula is C18H18N2O5. The van der Waals surface area contributed by atoms with Crippen LogP contribution in [0.3, 0.4) is 0 Å². The molecule has 2 aromatic rings. The lowest BCUT2D eigenvalue weighted by molar-refractivity contribution is -0.386. The van der Waals surface area contributed by atoms with Crippen molar-refractivity contribution in [3.8, 4) is 5.75 Å². The number of nitrogens with zero attached hydrogens (tertiary/aromatic N) is 1. The highest BCUT2D eigenvalue weighted by molar-refractivity contribution is 5.95. The van der Waals surface area contributed by atoms with E-state index in [4.69, 9.17) is 4.74 Å². The number of amides is 1. The van der Waals surface area contributed by atoms with E-state index >= 15 is 0 Å². The Morgan fingerprint density at radius 2 is 1.88 bits per heavy atom. The van der Waals surface area contributed by atoms with Crippen molar-refractivity contribution in [2.75, 3.05) is 5.32 Å². The normalized spacial score (nSPS) is 11.5. The molecule has 0 fully saturated rings. The number of benzene rings is 2. The molecule has 0 unspecified atom stereocenters. The summed E-state index contributed by atoms with van der Waals surface area (Å²) in [6.45, 7) is 5.24. The molecule has 7 nitrogen and oxygen atoms in total. The number of carbonyl (C=O) groups excluding carboxylic acids is 2. The third kappa shape index (κ3) is 4.20. The Bertz CT molecular complexity index is 812. The van der Waals surface area contributed by atoms with E-state index in [0.717, 1.165) is 17.2 Å². The van der Waals surface area contributed by atoms with Gasteiger partial charge in [0, 0.05) is 17.3 Å². The average Bonchev–Trinajstić information content (AvgIpc) is 2.58. The van der Waals surface area contributed by atoms with Crippen LogP contribution in [0.25, 0.3) is 0 Å². The number of hydrogen-bond acceptors (Lipinski definition) is 5. The van der Waals surface area contributed by atoms with Crippen LogP contribution in [0.5, 0.6) is 5.75 Å². The summed E-state index contributed by atoms with van der Waals surface area (Å²) >= 11 is 0. The van der Waals surface area contributed by atoms with Gasteiger partial charge in [0.25, 0.3) is 5.91 Å². The minimum Gasteiger partial charge on any atom is -0.474 e. The topological polar surface area (TPSA) is 98.5 Å². The first-order chi connectivity index (χ1) is 11.8. The number of aldehydes is 1. The van der Waals surface area contributed by atoms with Crippen LogP contribution in [0.1, 0.15) is 28.4 Å². The van der Waals surface area contributed by atoms with Gasteiger partial charge in [0.05, 0.1) is 4.92 Å². The number of ether oxygens (including phenoxy) is 1. The first kappa shape index (κ1) is 18.1. The van der Waals surface area contributed by atoms with E-state index in [1.807, 2.05) is 32.0 Å². The van der Waals surface area contributed by atoms with Gasteiger partial charge in [0.1, 0.15) is 6.29 Å². The number of anilines is 1. The molecule has 1 amide bonds. The molecule has 0 heterocycles. The Morgan fingerprint density at radius 3 is 2.44 bits per heavy atom. The first-order valence-electron chi connectivity index (χ1n) is 7.61. The molecule has 0 aliphatic carbocycles. The van der Waals surface area contributed by atoms with Crippen LogP contribution in [-0.2, 0) is 4.79 Å². The molecule has 0 spiro atoms. The molecule has 0 aliphatic rings. The zero-order valence-electron chi connectivity index (χ0n) is 14.1. The molecule has 0 radical (unpaired) electrons. The number of nitrogens with one attached hydrogen (secondary N) is 1. The van der Waals surface area contributed by atoms with Crippen LogP contribution in [0.4, 0.5) is 11.4 Å². The van der Waals surface area contributed by atoms with E-state index in [9.17, 15) is 19.7 Å². The lowest BCUT2D eigenvalue weighted by atomic mass is 10.1. The smallest absolute Gasteiger partial charge is 0.311 e. The summed E-state index contributed by atoms with van der Waals surface area (Å²) in [5, 5.41) is 13.9. The molecule has 7 heteroatoms. The maximum Gasteiger partial charge on any atom is 0.311 e. The molecule has 130 valence electrons. The van der Waals surface area contributed by atoms with Crippen LogP contribution >= 0.6 is 0 Å². The van der Waals surface area contributed by atoms with Crippen LogP contribution in [0, 0.1) is 24.0 Å². The Labute approximate surface area is 144 Å². The number of rotatable bonds is 6. The van der Waals surface area contributed by atoms with E-state index < -0.39 is 16.9 Å². The fraction of sp³-hybridized carbons (Fsp3) is 0.222. The van der Waals surface area contributed by atoms with Crippen molar-refractivity contribution in [1.82, 2.24) is 0 Å². The Morgan fingerprint density at radius 1 is 1.24 bits per heavy atom. The van der Waals surface area contributed by atoms with Gasteiger partial charge in [-0.1, -0.05) is 18.2 Å². The van der Waals surface area contributed by atoms with Gasteiger partial charge in [-0.25, -0.2) is 0 Å². The van der Waals surface area contributed by atoms with Crippen LogP contribution in [0.15, 0.2) is 36.4 Å². The molecule has 0 aromatic heterocycles. The molecule has 0 saturated heterocycles. The van der Waals surface area contributed by atoms with Crippen molar-refractivity contribution in [3.63, 3.8) is 0 Å². The number of carbonyl (C=O) groups is 2. The van der Waals surface area contributed by atoms with Gasteiger partial charge >= 0.3 is 5.69 Å². The minimum absolute atomic E-state index is 0.0697. The van der Waals surface area contributed by atoms with E-state index in [0.29, 0.717) is 12.0 Å². The molecule has 2 aromatic carbocycles. The summed E-state index contributed by atoms with van der Waals surface area (Å²) in [7, 11) is 0. The van der Waals surface area contributed by atoms with E-state index in [2.05, 4.69) is 5.32 Å². The van der Waals surface area contributed by atoms with Gasteiger partial charge in [0.15, 0.2) is 11.9 Å². The highest BCUT2D eigenvalue weighted by Crippen LogP contribution is 2.29. The quantitative estimate of drug-likeness (QED) is 0.492. The second-order valence-electron chi connectivity index (χ2n) is 5.62. The summed E-state index contributed by atoms with van der Waals surface area (Å²) in [6.07, 6.45) is -0.451. The van der Waals surface area contributed by atoms with Crippen molar-refractivity contribution < 1.29 is 19.2 Å². The molecule has 25 heavy (non-hydrogen) atoms. The van der Waals surface area contributed by atoms with Crippen LogP contribution in [0.2, 0.25) is 0 Å². The summed E-state index contributed by atoms with van der Waals surface area (Å²) in [4.78, 5) is 33.6. The maximum absolute atomic E-state index is 12.4. The SMILES string of the molecule is Cc1cccc(C)c1NC(=O)[C@H](C)Oc1ccc(C=O)cc1[N+](=O)[O-]. The second kappa shape index (κ2) is 7.57. The molecule has 1 atom stereocenters. The van der Waals surface area contributed by atoms with Gasteiger partial charge in [-0.3, -0.25) is 19.7 Å². The predicted molar refractivity (Wildman–Crippen MR) is 93.1 cm³/mol. The second-order valence-corrected chi connectivity index (χ2v) is 5.62. The Kier molecular flexibility index (Phi) is 5.49. The van der Waals surface area contributed by atoms with Crippen molar-refractivity contribution in [2.24, 2.45) is 0 Å².